The van der Waals surface area contributed by atoms with E-state index in [0.717, 1.165) is 0 Å². The van der Waals surface area contributed by atoms with Gasteiger partial charge in [0, 0.05) is 12.2 Å². The van der Waals surface area contributed by atoms with Gasteiger partial charge in [-0.05, 0) is 69.7 Å². The lowest BCUT2D eigenvalue weighted by Crippen LogP contribution is -2.40. The average molecular weight is 442 g/mol. The maximum absolute atomic E-state index is 12.4. The summed E-state index contributed by atoms with van der Waals surface area (Å²) in [6.45, 7) is 5.98. The molecule has 1 aliphatic heterocycles. The summed E-state index contributed by atoms with van der Waals surface area (Å²) in [4.78, 5) is 37.0. The lowest BCUT2D eigenvalue weighted by Gasteiger charge is -2.30. The molecule has 170 valence electrons. The topological polar surface area (TPSA) is 114 Å². The third-order valence-electron chi connectivity index (χ3n) is 4.44. The maximum Gasteiger partial charge on any atom is 0.412 e. The predicted molar refractivity (Wildman–Crippen MR) is 118 cm³/mol. The molecule has 0 radical (unpaired) electrons. The van der Waals surface area contributed by atoms with E-state index in [1.165, 1.54) is 12.1 Å². The van der Waals surface area contributed by atoms with Gasteiger partial charge in [-0.1, -0.05) is 0 Å². The Morgan fingerprint density at radius 2 is 1.88 bits per heavy atom. The number of hydrogen-bond acceptors (Lipinski definition) is 6. The Balaban J connectivity index is 1.60. The molecule has 0 unspecified atom stereocenters. The number of carbonyl (C=O) groups is 3. The molecule has 2 aromatic carbocycles. The first-order valence-electron chi connectivity index (χ1n) is 10.2. The van der Waals surface area contributed by atoms with Crippen LogP contribution < -0.4 is 19.7 Å². The SMILES string of the molecule is CC(C)(C)OC(=O)Nc1ccc2c(c1)N(CCCOc1ccc(C(=O)O)cc1)C(=O)CO2. The fraction of sp³-hybridized carbons (Fsp3) is 0.348. The van der Waals surface area contributed by atoms with Crippen LogP contribution in [0.3, 0.4) is 0 Å². The summed E-state index contributed by atoms with van der Waals surface area (Å²) in [6, 6.07) is 11.2. The van der Waals surface area contributed by atoms with Crippen molar-refractivity contribution in [1.29, 1.82) is 0 Å². The molecule has 1 heterocycles. The lowest BCUT2D eigenvalue weighted by atomic mass is 10.2. The molecule has 9 nitrogen and oxygen atoms in total. The zero-order chi connectivity index (χ0) is 23.3. The van der Waals surface area contributed by atoms with E-state index in [1.54, 1.807) is 56.0 Å². The fourth-order valence-electron chi connectivity index (χ4n) is 3.05. The second-order valence-corrected chi connectivity index (χ2v) is 8.17. The van der Waals surface area contributed by atoms with E-state index in [1.807, 2.05) is 0 Å². The van der Waals surface area contributed by atoms with Crippen molar-refractivity contribution in [2.24, 2.45) is 0 Å². The summed E-state index contributed by atoms with van der Waals surface area (Å²) in [7, 11) is 0. The zero-order valence-corrected chi connectivity index (χ0v) is 18.2. The van der Waals surface area contributed by atoms with Crippen LogP contribution in [0, 0.1) is 0 Å². The number of ether oxygens (including phenoxy) is 3. The normalized spacial score (nSPS) is 13.1. The first kappa shape index (κ1) is 22.9. The van der Waals surface area contributed by atoms with Crippen LogP contribution in [0.4, 0.5) is 16.2 Å². The monoisotopic (exact) mass is 442 g/mol. The van der Waals surface area contributed by atoms with Gasteiger partial charge in [-0.25, -0.2) is 9.59 Å². The zero-order valence-electron chi connectivity index (χ0n) is 18.2. The molecular weight excluding hydrogens is 416 g/mol. The number of carbonyl (C=O) groups excluding carboxylic acids is 2. The largest absolute Gasteiger partial charge is 0.494 e. The Bertz CT molecular complexity index is 996. The second kappa shape index (κ2) is 9.59. The maximum atomic E-state index is 12.4. The second-order valence-electron chi connectivity index (χ2n) is 8.17. The Morgan fingerprint density at radius 1 is 1.16 bits per heavy atom. The quantitative estimate of drug-likeness (QED) is 0.625. The van der Waals surface area contributed by atoms with Crippen LogP contribution in [0.25, 0.3) is 0 Å². The summed E-state index contributed by atoms with van der Waals surface area (Å²) >= 11 is 0. The molecule has 0 saturated heterocycles. The molecule has 1 aliphatic rings. The molecule has 3 rings (SSSR count). The van der Waals surface area contributed by atoms with Crippen molar-refractivity contribution < 1.29 is 33.7 Å². The molecule has 2 N–H and O–H groups in total. The van der Waals surface area contributed by atoms with Gasteiger partial charge in [0.2, 0.25) is 0 Å². The number of aromatic carboxylic acids is 1. The van der Waals surface area contributed by atoms with E-state index in [9.17, 15) is 14.4 Å². The van der Waals surface area contributed by atoms with E-state index in [4.69, 9.17) is 19.3 Å². The van der Waals surface area contributed by atoms with Gasteiger partial charge in [-0.3, -0.25) is 10.1 Å². The third-order valence-corrected chi connectivity index (χ3v) is 4.44. The third kappa shape index (κ3) is 6.13. The number of nitrogens with one attached hydrogen (secondary N) is 1. The molecular formula is C23H26N2O7. The number of rotatable bonds is 7. The fourth-order valence-corrected chi connectivity index (χ4v) is 3.05. The number of amides is 2. The summed E-state index contributed by atoms with van der Waals surface area (Å²) < 4.78 is 16.4. The summed E-state index contributed by atoms with van der Waals surface area (Å²) in [5.41, 5.74) is 0.595. The van der Waals surface area contributed by atoms with Crippen molar-refractivity contribution in [3.8, 4) is 11.5 Å². The van der Waals surface area contributed by atoms with Crippen molar-refractivity contribution in [1.82, 2.24) is 0 Å². The lowest BCUT2D eigenvalue weighted by molar-refractivity contribution is -0.121. The van der Waals surface area contributed by atoms with Crippen molar-refractivity contribution in [2.75, 3.05) is 30.0 Å². The molecule has 2 aromatic rings. The molecule has 0 atom stereocenters. The van der Waals surface area contributed by atoms with Gasteiger partial charge in [-0.15, -0.1) is 0 Å². The minimum atomic E-state index is -0.999. The van der Waals surface area contributed by atoms with Crippen molar-refractivity contribution in [3.63, 3.8) is 0 Å². The van der Waals surface area contributed by atoms with Crippen molar-refractivity contribution >= 4 is 29.3 Å². The molecule has 0 aliphatic carbocycles. The summed E-state index contributed by atoms with van der Waals surface area (Å²) in [6.07, 6.45) is -0.0513. The number of carboxylic acids is 1. The minimum Gasteiger partial charge on any atom is -0.494 e. The molecule has 32 heavy (non-hydrogen) atoms. The smallest absolute Gasteiger partial charge is 0.412 e. The van der Waals surface area contributed by atoms with Gasteiger partial charge in [0.05, 0.1) is 17.9 Å². The molecule has 0 saturated carbocycles. The van der Waals surface area contributed by atoms with Gasteiger partial charge >= 0.3 is 12.1 Å². The first-order valence-corrected chi connectivity index (χ1v) is 10.2. The highest BCUT2D eigenvalue weighted by molar-refractivity contribution is 5.99. The Labute approximate surface area is 185 Å². The van der Waals surface area contributed by atoms with E-state index in [2.05, 4.69) is 5.32 Å². The molecule has 0 fully saturated rings. The van der Waals surface area contributed by atoms with Crippen molar-refractivity contribution in [2.45, 2.75) is 32.8 Å². The van der Waals surface area contributed by atoms with E-state index < -0.39 is 17.7 Å². The van der Waals surface area contributed by atoms with Crippen molar-refractivity contribution in [3.05, 3.63) is 48.0 Å². The number of nitrogens with zero attached hydrogens (tertiary/aromatic N) is 1. The number of benzene rings is 2. The molecule has 9 heteroatoms. The first-order chi connectivity index (χ1) is 15.1. The number of hydrogen-bond donors (Lipinski definition) is 2. The highest BCUT2D eigenvalue weighted by Gasteiger charge is 2.26. The Morgan fingerprint density at radius 3 is 2.53 bits per heavy atom. The van der Waals surface area contributed by atoms with Crippen LogP contribution >= 0.6 is 0 Å². The minimum absolute atomic E-state index is 0.0661. The van der Waals surface area contributed by atoms with E-state index in [0.29, 0.717) is 42.4 Å². The van der Waals surface area contributed by atoms with Gasteiger partial charge in [0.25, 0.3) is 5.91 Å². The van der Waals surface area contributed by atoms with E-state index >= 15 is 0 Å². The van der Waals surface area contributed by atoms with Crippen LogP contribution in [0.1, 0.15) is 37.6 Å². The van der Waals surface area contributed by atoms with Crippen LogP contribution in [-0.4, -0.2) is 48.4 Å². The number of carboxylic acid groups (broad SMARTS) is 1. The molecule has 0 bridgehead atoms. The van der Waals surface area contributed by atoms with Gasteiger partial charge in [-0.2, -0.15) is 0 Å². The highest BCUT2D eigenvalue weighted by Crippen LogP contribution is 2.34. The van der Waals surface area contributed by atoms with Crippen LogP contribution in [-0.2, 0) is 9.53 Å². The standard InChI is InChI=1S/C23H26N2O7/c1-23(2,3)32-22(29)24-16-7-10-19-18(13-16)25(20(26)14-31-19)11-4-12-30-17-8-5-15(6-9-17)21(27)28/h5-10,13H,4,11-12,14H2,1-3H3,(H,24,29)(H,27,28). The highest BCUT2D eigenvalue weighted by atomic mass is 16.6. The molecule has 0 spiro atoms. The molecule has 0 aromatic heterocycles. The molecule has 2 amide bonds. The van der Waals surface area contributed by atoms with Gasteiger partial charge in [0.1, 0.15) is 17.1 Å². The van der Waals surface area contributed by atoms with Gasteiger partial charge < -0.3 is 24.2 Å². The number of anilines is 2. The van der Waals surface area contributed by atoms with E-state index in [-0.39, 0.29) is 18.1 Å². The average Bonchev–Trinajstić information content (AvgIpc) is 2.71. The Kier molecular flexibility index (Phi) is 6.87. The van der Waals surface area contributed by atoms with Gasteiger partial charge in [0.15, 0.2) is 6.61 Å². The Hall–Kier alpha value is -3.75. The van der Waals surface area contributed by atoms with Crippen LogP contribution in [0.2, 0.25) is 0 Å². The van der Waals surface area contributed by atoms with Crippen LogP contribution in [0.5, 0.6) is 11.5 Å². The predicted octanol–water partition coefficient (Wildman–Crippen LogP) is 3.93. The summed E-state index contributed by atoms with van der Waals surface area (Å²) in [5, 5.41) is 11.6. The summed E-state index contributed by atoms with van der Waals surface area (Å²) in [5.74, 6) is -0.101. The number of fused-ring (bicyclic) bond motifs is 1. The van der Waals surface area contributed by atoms with Crippen LogP contribution in [0.15, 0.2) is 42.5 Å².